The van der Waals surface area contributed by atoms with Gasteiger partial charge in [0.2, 0.25) is 0 Å². The number of rotatable bonds is 3. The van der Waals surface area contributed by atoms with Crippen molar-refractivity contribution in [3.63, 3.8) is 0 Å². The highest BCUT2D eigenvalue weighted by Gasteiger charge is 2.24. The highest BCUT2D eigenvalue weighted by atomic mass is 16.5. The third-order valence-corrected chi connectivity index (χ3v) is 2.99. The van der Waals surface area contributed by atoms with Gasteiger partial charge in [-0.05, 0) is 19.4 Å². The first-order valence-electron chi connectivity index (χ1n) is 5.58. The van der Waals surface area contributed by atoms with Crippen molar-refractivity contribution < 1.29 is 9.53 Å². The molecule has 0 saturated carbocycles. The normalized spacial score (nSPS) is 21.9. The monoisotopic (exact) mass is 223 g/mol. The largest absolute Gasteiger partial charge is 0.468 e. The molecule has 2 heterocycles. The topological polar surface area (TPSA) is 58.2 Å². The number of nitrogens with one attached hydrogen (secondary N) is 1. The van der Waals surface area contributed by atoms with Crippen molar-refractivity contribution in [3.8, 4) is 0 Å². The second-order valence-corrected chi connectivity index (χ2v) is 4.12. The number of nitrogens with zero attached hydrogens (tertiary/aromatic N) is 2. The van der Waals surface area contributed by atoms with E-state index < -0.39 is 0 Å². The number of esters is 1. The Bertz CT molecular complexity index is 337. The highest BCUT2D eigenvalue weighted by molar-refractivity contribution is 5.71. The molecule has 88 valence electrons. The van der Waals surface area contributed by atoms with Crippen molar-refractivity contribution in [2.24, 2.45) is 0 Å². The number of methoxy groups -OCH3 is 1. The number of ether oxygens (including phenoxy) is 1. The van der Waals surface area contributed by atoms with Crippen LogP contribution in [0.15, 0.2) is 12.4 Å². The molecule has 0 bridgehead atoms. The molecule has 1 aliphatic rings. The zero-order valence-electron chi connectivity index (χ0n) is 9.48. The summed E-state index contributed by atoms with van der Waals surface area (Å²) >= 11 is 0. The first-order valence-corrected chi connectivity index (χ1v) is 5.58. The predicted octanol–water partition coefficient (Wildman–Crippen LogP) is 0.762. The maximum atomic E-state index is 11.2. The van der Waals surface area contributed by atoms with Crippen LogP contribution >= 0.6 is 0 Å². The van der Waals surface area contributed by atoms with Crippen LogP contribution in [0.2, 0.25) is 0 Å². The van der Waals surface area contributed by atoms with E-state index in [9.17, 15) is 4.79 Å². The van der Waals surface area contributed by atoms with Crippen LogP contribution < -0.4 is 0 Å². The molecule has 1 aromatic rings. The second-order valence-electron chi connectivity index (χ2n) is 4.12. The SMILES string of the molecule is COC(=O)CN1CCC[C@@H](c2ncc[nH]2)C1. The predicted molar refractivity (Wildman–Crippen MR) is 59.0 cm³/mol. The second kappa shape index (κ2) is 5.12. The van der Waals surface area contributed by atoms with Gasteiger partial charge in [0, 0.05) is 24.9 Å². The van der Waals surface area contributed by atoms with Crippen molar-refractivity contribution in [1.29, 1.82) is 0 Å². The summed E-state index contributed by atoms with van der Waals surface area (Å²) in [7, 11) is 1.43. The van der Waals surface area contributed by atoms with E-state index in [2.05, 4.69) is 19.6 Å². The molecule has 0 spiro atoms. The number of carbonyl (C=O) groups is 1. The van der Waals surface area contributed by atoms with Crippen molar-refractivity contribution in [2.45, 2.75) is 18.8 Å². The van der Waals surface area contributed by atoms with E-state index >= 15 is 0 Å². The Kier molecular flexibility index (Phi) is 3.56. The average molecular weight is 223 g/mol. The Labute approximate surface area is 94.8 Å². The van der Waals surface area contributed by atoms with Crippen LogP contribution in [-0.2, 0) is 9.53 Å². The number of imidazole rings is 1. The van der Waals surface area contributed by atoms with Crippen LogP contribution in [-0.4, -0.2) is 47.6 Å². The quantitative estimate of drug-likeness (QED) is 0.769. The average Bonchev–Trinajstić information content (AvgIpc) is 2.83. The number of hydrogen-bond donors (Lipinski definition) is 1. The van der Waals surface area contributed by atoms with E-state index in [0.29, 0.717) is 12.5 Å². The summed E-state index contributed by atoms with van der Waals surface area (Å²) in [4.78, 5) is 20.7. The Morgan fingerprint density at radius 2 is 2.62 bits per heavy atom. The number of H-pyrrole nitrogens is 1. The van der Waals surface area contributed by atoms with E-state index in [1.807, 2.05) is 6.20 Å². The van der Waals surface area contributed by atoms with E-state index in [1.165, 1.54) is 7.11 Å². The minimum atomic E-state index is -0.167. The van der Waals surface area contributed by atoms with E-state index in [1.54, 1.807) is 6.20 Å². The molecule has 5 nitrogen and oxygen atoms in total. The van der Waals surface area contributed by atoms with Gasteiger partial charge in [0.1, 0.15) is 5.82 Å². The molecule has 1 aromatic heterocycles. The lowest BCUT2D eigenvalue weighted by Crippen LogP contribution is -2.38. The minimum absolute atomic E-state index is 0.167. The van der Waals surface area contributed by atoms with Gasteiger partial charge in [-0.15, -0.1) is 0 Å². The number of aromatic amines is 1. The van der Waals surface area contributed by atoms with Gasteiger partial charge in [0.05, 0.1) is 13.7 Å². The molecule has 1 atom stereocenters. The van der Waals surface area contributed by atoms with Crippen molar-refractivity contribution in [3.05, 3.63) is 18.2 Å². The Morgan fingerprint density at radius 3 is 3.31 bits per heavy atom. The van der Waals surface area contributed by atoms with E-state index in [4.69, 9.17) is 0 Å². The fourth-order valence-electron chi connectivity index (χ4n) is 2.17. The van der Waals surface area contributed by atoms with Crippen molar-refractivity contribution in [1.82, 2.24) is 14.9 Å². The van der Waals surface area contributed by atoms with Gasteiger partial charge < -0.3 is 9.72 Å². The molecule has 0 radical (unpaired) electrons. The Balaban J connectivity index is 1.91. The van der Waals surface area contributed by atoms with Gasteiger partial charge in [-0.3, -0.25) is 9.69 Å². The number of piperidine rings is 1. The lowest BCUT2D eigenvalue weighted by atomic mass is 9.97. The molecular formula is C11H17N3O2. The highest BCUT2D eigenvalue weighted by Crippen LogP contribution is 2.23. The molecule has 0 amide bonds. The third kappa shape index (κ3) is 2.61. The number of aromatic nitrogens is 2. The molecule has 1 aliphatic heterocycles. The first-order chi connectivity index (χ1) is 7.79. The summed E-state index contributed by atoms with van der Waals surface area (Å²) < 4.78 is 4.67. The van der Waals surface area contributed by atoms with Crippen molar-refractivity contribution in [2.75, 3.05) is 26.7 Å². The molecule has 0 aliphatic carbocycles. The smallest absolute Gasteiger partial charge is 0.319 e. The van der Waals surface area contributed by atoms with E-state index in [0.717, 1.165) is 31.8 Å². The van der Waals surface area contributed by atoms with Crippen LogP contribution in [0.4, 0.5) is 0 Å². The molecule has 0 aromatic carbocycles. The summed E-state index contributed by atoms with van der Waals surface area (Å²) in [5.74, 6) is 1.27. The molecule has 1 N–H and O–H groups in total. The zero-order chi connectivity index (χ0) is 11.4. The summed E-state index contributed by atoms with van der Waals surface area (Å²) in [5, 5.41) is 0. The summed E-state index contributed by atoms with van der Waals surface area (Å²) in [5.41, 5.74) is 0. The Hall–Kier alpha value is -1.36. The maximum absolute atomic E-state index is 11.2. The fourth-order valence-corrected chi connectivity index (χ4v) is 2.17. The van der Waals surface area contributed by atoms with Gasteiger partial charge in [-0.2, -0.15) is 0 Å². The minimum Gasteiger partial charge on any atom is -0.468 e. The van der Waals surface area contributed by atoms with Gasteiger partial charge in [0.15, 0.2) is 0 Å². The summed E-state index contributed by atoms with van der Waals surface area (Å²) in [6.07, 6.45) is 5.84. The number of hydrogen-bond acceptors (Lipinski definition) is 4. The van der Waals surface area contributed by atoms with Crippen LogP contribution in [0.25, 0.3) is 0 Å². The standard InChI is InChI=1S/C11H17N3O2/c1-16-10(15)8-14-6-2-3-9(7-14)11-12-4-5-13-11/h4-5,9H,2-3,6-8H2,1H3,(H,12,13)/t9-/m1/s1. The van der Waals surface area contributed by atoms with E-state index in [-0.39, 0.29) is 5.97 Å². The van der Waals surface area contributed by atoms with Gasteiger partial charge >= 0.3 is 5.97 Å². The third-order valence-electron chi connectivity index (χ3n) is 2.99. The van der Waals surface area contributed by atoms with Crippen LogP contribution in [0.5, 0.6) is 0 Å². The number of carbonyl (C=O) groups excluding carboxylic acids is 1. The lowest BCUT2D eigenvalue weighted by molar-refractivity contribution is -0.142. The molecule has 1 fully saturated rings. The molecule has 1 saturated heterocycles. The number of likely N-dealkylation sites (tertiary alicyclic amines) is 1. The molecular weight excluding hydrogens is 206 g/mol. The van der Waals surface area contributed by atoms with Gasteiger partial charge in [0.25, 0.3) is 0 Å². The lowest BCUT2D eigenvalue weighted by Gasteiger charge is -2.30. The van der Waals surface area contributed by atoms with Crippen LogP contribution in [0.1, 0.15) is 24.6 Å². The molecule has 16 heavy (non-hydrogen) atoms. The summed E-state index contributed by atoms with van der Waals surface area (Å²) in [6, 6.07) is 0. The fraction of sp³-hybridized carbons (Fsp3) is 0.636. The van der Waals surface area contributed by atoms with Crippen molar-refractivity contribution >= 4 is 5.97 Å². The molecule has 0 unspecified atom stereocenters. The van der Waals surface area contributed by atoms with Gasteiger partial charge in [-0.1, -0.05) is 0 Å². The Morgan fingerprint density at radius 1 is 1.75 bits per heavy atom. The summed E-state index contributed by atoms with van der Waals surface area (Å²) in [6.45, 7) is 2.22. The molecule has 2 rings (SSSR count). The molecule has 5 heteroatoms. The zero-order valence-corrected chi connectivity index (χ0v) is 9.48. The maximum Gasteiger partial charge on any atom is 0.319 e. The first kappa shape index (κ1) is 11.1. The van der Waals surface area contributed by atoms with Crippen LogP contribution in [0, 0.1) is 0 Å². The van der Waals surface area contributed by atoms with Crippen LogP contribution in [0.3, 0.4) is 0 Å². The van der Waals surface area contributed by atoms with Gasteiger partial charge in [-0.25, -0.2) is 4.98 Å².